The first kappa shape index (κ1) is 14.3. The van der Waals surface area contributed by atoms with Gasteiger partial charge in [0.2, 0.25) is 0 Å². The minimum atomic E-state index is -0.0810. The third-order valence-electron chi connectivity index (χ3n) is 2.35. The fourth-order valence-corrected chi connectivity index (χ4v) is 1.43. The van der Waals surface area contributed by atoms with Crippen molar-refractivity contribution in [2.75, 3.05) is 39.6 Å². The zero-order valence-corrected chi connectivity index (χ0v) is 11.1. The van der Waals surface area contributed by atoms with Crippen LogP contribution >= 0.6 is 0 Å². The highest BCUT2D eigenvalue weighted by molar-refractivity contribution is 5.95. The molecule has 0 aromatic heterocycles. The van der Waals surface area contributed by atoms with Crippen LogP contribution in [0, 0.1) is 0 Å². The molecule has 0 heterocycles. The van der Waals surface area contributed by atoms with Gasteiger partial charge in [-0.2, -0.15) is 0 Å². The van der Waals surface area contributed by atoms with Crippen molar-refractivity contribution < 1.29 is 14.3 Å². The van der Waals surface area contributed by atoms with Crippen LogP contribution in [0.25, 0.3) is 0 Å². The van der Waals surface area contributed by atoms with Crippen molar-refractivity contribution in [3.63, 3.8) is 0 Å². The number of nitrogens with zero attached hydrogens (tertiary/aromatic N) is 1. The summed E-state index contributed by atoms with van der Waals surface area (Å²) >= 11 is 0. The molecule has 1 aromatic rings. The second kappa shape index (κ2) is 6.86. The van der Waals surface area contributed by atoms with E-state index < -0.39 is 0 Å². The number of nitrogen functional groups attached to an aromatic ring is 1. The summed E-state index contributed by atoms with van der Waals surface area (Å²) in [7, 11) is 3.40. The summed E-state index contributed by atoms with van der Waals surface area (Å²) in [6, 6.07) is 5.03. The third-order valence-corrected chi connectivity index (χ3v) is 2.35. The van der Waals surface area contributed by atoms with E-state index >= 15 is 0 Å². The van der Waals surface area contributed by atoms with Gasteiger partial charge in [-0.25, -0.2) is 0 Å². The van der Waals surface area contributed by atoms with Gasteiger partial charge in [0, 0.05) is 26.3 Å². The average molecular weight is 252 g/mol. The number of nitrogens with two attached hydrogens (primary N) is 1. The summed E-state index contributed by atoms with van der Waals surface area (Å²) in [6.07, 6.45) is 0. The van der Waals surface area contributed by atoms with E-state index in [4.69, 9.17) is 15.2 Å². The highest BCUT2D eigenvalue weighted by Crippen LogP contribution is 2.22. The number of ether oxygens (including phenoxy) is 2. The predicted octanol–water partition coefficient (Wildman–Crippen LogP) is 1.39. The highest BCUT2D eigenvalue weighted by atomic mass is 16.5. The standard InChI is InChI=1S/C13H20N2O3/c1-4-17-7-8-18-12-6-5-10(9-11(12)14)13(16)15(2)3/h5-6,9H,4,7-8,14H2,1-3H3. The summed E-state index contributed by atoms with van der Waals surface area (Å²) in [5.41, 5.74) is 6.85. The van der Waals surface area contributed by atoms with Crippen LogP contribution < -0.4 is 10.5 Å². The second-order valence-electron chi connectivity index (χ2n) is 4.00. The lowest BCUT2D eigenvalue weighted by Crippen LogP contribution is -2.21. The summed E-state index contributed by atoms with van der Waals surface area (Å²) in [6.45, 7) is 3.55. The Hall–Kier alpha value is -1.75. The minimum absolute atomic E-state index is 0.0810. The smallest absolute Gasteiger partial charge is 0.253 e. The maximum Gasteiger partial charge on any atom is 0.253 e. The Morgan fingerprint density at radius 3 is 2.61 bits per heavy atom. The van der Waals surface area contributed by atoms with Gasteiger partial charge in [0.15, 0.2) is 0 Å². The van der Waals surface area contributed by atoms with Crippen LogP contribution in [0.4, 0.5) is 5.69 Å². The van der Waals surface area contributed by atoms with E-state index in [9.17, 15) is 4.79 Å². The molecule has 0 fully saturated rings. The van der Waals surface area contributed by atoms with Gasteiger partial charge in [0.25, 0.3) is 5.91 Å². The van der Waals surface area contributed by atoms with E-state index in [0.29, 0.717) is 36.8 Å². The number of hydrogen-bond donors (Lipinski definition) is 1. The van der Waals surface area contributed by atoms with E-state index in [0.717, 1.165) is 0 Å². The number of carbonyl (C=O) groups excluding carboxylic acids is 1. The third kappa shape index (κ3) is 3.92. The lowest BCUT2D eigenvalue weighted by molar-refractivity contribution is 0.0827. The summed E-state index contributed by atoms with van der Waals surface area (Å²) in [4.78, 5) is 13.2. The van der Waals surface area contributed by atoms with Crippen LogP contribution in [0.15, 0.2) is 18.2 Å². The van der Waals surface area contributed by atoms with Crippen molar-refractivity contribution in [1.82, 2.24) is 4.90 Å². The molecule has 1 aromatic carbocycles. The van der Waals surface area contributed by atoms with Gasteiger partial charge < -0.3 is 20.1 Å². The SMILES string of the molecule is CCOCCOc1ccc(C(=O)N(C)C)cc1N. The molecular formula is C13H20N2O3. The van der Waals surface area contributed by atoms with Crippen LogP contribution in [0.1, 0.15) is 17.3 Å². The highest BCUT2D eigenvalue weighted by Gasteiger charge is 2.10. The number of rotatable bonds is 6. The van der Waals surface area contributed by atoms with Crippen molar-refractivity contribution in [1.29, 1.82) is 0 Å². The quantitative estimate of drug-likeness (QED) is 0.613. The van der Waals surface area contributed by atoms with Crippen molar-refractivity contribution in [3.8, 4) is 5.75 Å². The molecule has 0 saturated heterocycles. The van der Waals surface area contributed by atoms with Crippen LogP contribution in [0.5, 0.6) is 5.75 Å². The van der Waals surface area contributed by atoms with Gasteiger partial charge in [-0.3, -0.25) is 4.79 Å². The van der Waals surface area contributed by atoms with Crippen molar-refractivity contribution in [3.05, 3.63) is 23.8 Å². The molecule has 18 heavy (non-hydrogen) atoms. The van der Waals surface area contributed by atoms with E-state index in [2.05, 4.69) is 0 Å². The Bertz CT molecular complexity index is 405. The van der Waals surface area contributed by atoms with Crippen molar-refractivity contribution in [2.45, 2.75) is 6.92 Å². The molecule has 0 aliphatic rings. The number of amides is 1. The Balaban J connectivity index is 2.65. The van der Waals surface area contributed by atoms with Crippen LogP contribution in [-0.2, 0) is 4.74 Å². The molecule has 2 N–H and O–H groups in total. The Labute approximate surface area is 107 Å². The molecule has 1 rings (SSSR count). The molecule has 1 amide bonds. The van der Waals surface area contributed by atoms with Gasteiger partial charge in [-0.05, 0) is 25.1 Å². The molecule has 5 heteroatoms. The molecule has 0 spiro atoms. The van der Waals surface area contributed by atoms with Gasteiger partial charge in [-0.1, -0.05) is 0 Å². The first-order valence-electron chi connectivity index (χ1n) is 5.88. The molecule has 0 radical (unpaired) electrons. The lowest BCUT2D eigenvalue weighted by atomic mass is 10.1. The number of hydrogen-bond acceptors (Lipinski definition) is 4. The molecule has 0 atom stereocenters. The van der Waals surface area contributed by atoms with E-state index in [1.54, 1.807) is 32.3 Å². The monoisotopic (exact) mass is 252 g/mol. The molecule has 0 bridgehead atoms. The Kier molecular flexibility index (Phi) is 5.45. The van der Waals surface area contributed by atoms with Crippen LogP contribution in [-0.4, -0.2) is 44.7 Å². The van der Waals surface area contributed by atoms with Crippen LogP contribution in [0.3, 0.4) is 0 Å². The molecule has 0 aliphatic carbocycles. The van der Waals surface area contributed by atoms with Gasteiger partial charge >= 0.3 is 0 Å². The topological polar surface area (TPSA) is 64.8 Å². The number of carbonyl (C=O) groups is 1. The lowest BCUT2D eigenvalue weighted by Gasteiger charge is -2.13. The van der Waals surface area contributed by atoms with Gasteiger partial charge in [0.05, 0.1) is 12.3 Å². The zero-order chi connectivity index (χ0) is 13.5. The Morgan fingerprint density at radius 2 is 2.06 bits per heavy atom. The Morgan fingerprint density at radius 1 is 1.33 bits per heavy atom. The summed E-state index contributed by atoms with van der Waals surface area (Å²) in [5.74, 6) is 0.493. The maximum absolute atomic E-state index is 11.7. The van der Waals surface area contributed by atoms with Gasteiger partial charge in [0.1, 0.15) is 12.4 Å². The first-order chi connectivity index (χ1) is 8.56. The number of benzene rings is 1. The van der Waals surface area contributed by atoms with E-state index in [1.807, 2.05) is 6.92 Å². The fourth-order valence-electron chi connectivity index (χ4n) is 1.43. The largest absolute Gasteiger partial charge is 0.489 e. The summed E-state index contributed by atoms with van der Waals surface area (Å²) < 4.78 is 10.6. The minimum Gasteiger partial charge on any atom is -0.489 e. The average Bonchev–Trinajstić information content (AvgIpc) is 2.35. The second-order valence-corrected chi connectivity index (χ2v) is 4.00. The molecule has 0 saturated carbocycles. The number of anilines is 1. The molecule has 100 valence electrons. The molecule has 0 unspecified atom stereocenters. The van der Waals surface area contributed by atoms with Gasteiger partial charge in [-0.15, -0.1) is 0 Å². The zero-order valence-electron chi connectivity index (χ0n) is 11.1. The maximum atomic E-state index is 11.7. The first-order valence-corrected chi connectivity index (χ1v) is 5.88. The summed E-state index contributed by atoms with van der Waals surface area (Å²) in [5, 5.41) is 0. The fraction of sp³-hybridized carbons (Fsp3) is 0.462. The predicted molar refractivity (Wildman–Crippen MR) is 70.9 cm³/mol. The van der Waals surface area contributed by atoms with Crippen LogP contribution in [0.2, 0.25) is 0 Å². The van der Waals surface area contributed by atoms with Crippen molar-refractivity contribution >= 4 is 11.6 Å². The van der Waals surface area contributed by atoms with Crippen molar-refractivity contribution in [2.24, 2.45) is 0 Å². The molecule has 0 aliphatic heterocycles. The molecular weight excluding hydrogens is 232 g/mol. The van der Waals surface area contributed by atoms with E-state index in [1.165, 1.54) is 4.90 Å². The van der Waals surface area contributed by atoms with E-state index in [-0.39, 0.29) is 5.91 Å². The normalized spacial score (nSPS) is 10.2. The molecule has 5 nitrogen and oxygen atoms in total.